The molecule has 0 bridgehead atoms. The number of rotatable bonds is 8. The van der Waals surface area contributed by atoms with Crippen LogP contribution in [0, 0.1) is 6.92 Å². The van der Waals surface area contributed by atoms with Crippen LogP contribution in [0.4, 0.5) is 0 Å². The fraction of sp³-hybridized carbons (Fsp3) is 0.300. The molecule has 0 aliphatic heterocycles. The van der Waals surface area contributed by atoms with E-state index < -0.39 is 0 Å². The number of nitrogens with zero attached hydrogens (tertiary/aromatic N) is 2. The quantitative estimate of drug-likeness (QED) is 0.652. The fourth-order valence-corrected chi connectivity index (χ4v) is 3.03. The number of aromatic nitrogens is 2. The number of amides is 1. The predicted molar refractivity (Wildman–Crippen MR) is 97.4 cm³/mol. The summed E-state index contributed by atoms with van der Waals surface area (Å²) >= 11 is 0. The van der Waals surface area contributed by atoms with E-state index in [0.29, 0.717) is 6.54 Å². The molecule has 6 nitrogen and oxygen atoms in total. The lowest BCUT2D eigenvalue weighted by Crippen LogP contribution is -2.34. The van der Waals surface area contributed by atoms with E-state index in [9.17, 15) is 9.90 Å². The molecule has 0 radical (unpaired) electrons. The number of benzene rings is 1. The Labute approximate surface area is 152 Å². The zero-order valence-corrected chi connectivity index (χ0v) is 14.8. The van der Waals surface area contributed by atoms with Crippen LogP contribution in [0.2, 0.25) is 0 Å². The van der Waals surface area contributed by atoms with E-state index >= 15 is 0 Å². The summed E-state index contributed by atoms with van der Waals surface area (Å²) in [6.07, 6.45) is 3.60. The number of carbonyl (C=O) groups excluding carboxylic acids is 1. The minimum Gasteiger partial charge on any atom is -0.469 e. The van der Waals surface area contributed by atoms with Crippen molar-refractivity contribution < 1.29 is 14.3 Å². The van der Waals surface area contributed by atoms with Gasteiger partial charge in [-0.15, -0.1) is 0 Å². The summed E-state index contributed by atoms with van der Waals surface area (Å²) < 4.78 is 5.58. The molecule has 136 valence electrons. The van der Waals surface area contributed by atoms with Crippen LogP contribution in [0.3, 0.4) is 0 Å². The number of aryl methyl sites for hydroxylation is 1. The normalized spacial score (nSPS) is 12.1. The maximum absolute atomic E-state index is 13.0. The second-order valence-electron chi connectivity index (χ2n) is 6.22. The number of aliphatic hydroxyl groups is 1. The number of aliphatic hydroxyl groups excluding tert-OH is 1. The van der Waals surface area contributed by atoms with E-state index in [1.807, 2.05) is 49.4 Å². The Morgan fingerprint density at radius 1 is 1.27 bits per heavy atom. The van der Waals surface area contributed by atoms with Gasteiger partial charge in [0.2, 0.25) is 5.91 Å². The van der Waals surface area contributed by atoms with Gasteiger partial charge in [0.05, 0.1) is 37.2 Å². The molecule has 1 amide bonds. The van der Waals surface area contributed by atoms with Gasteiger partial charge >= 0.3 is 0 Å². The largest absolute Gasteiger partial charge is 0.469 e. The van der Waals surface area contributed by atoms with Gasteiger partial charge in [-0.05, 0) is 24.6 Å². The van der Waals surface area contributed by atoms with E-state index in [1.54, 1.807) is 17.4 Å². The summed E-state index contributed by atoms with van der Waals surface area (Å²) in [4.78, 5) is 21.9. The van der Waals surface area contributed by atoms with Crippen LogP contribution in [0.15, 0.2) is 59.3 Å². The van der Waals surface area contributed by atoms with E-state index in [1.165, 1.54) is 0 Å². The van der Waals surface area contributed by atoms with E-state index in [0.717, 1.165) is 22.8 Å². The highest BCUT2D eigenvalue weighted by Crippen LogP contribution is 2.29. The first-order chi connectivity index (χ1) is 12.7. The van der Waals surface area contributed by atoms with Gasteiger partial charge in [-0.25, -0.2) is 4.98 Å². The molecule has 1 atom stereocenters. The van der Waals surface area contributed by atoms with Crippen LogP contribution in [0.5, 0.6) is 0 Å². The Balaban J connectivity index is 1.78. The molecule has 26 heavy (non-hydrogen) atoms. The second-order valence-corrected chi connectivity index (χ2v) is 6.22. The molecule has 0 fully saturated rings. The molecule has 2 heterocycles. The Bertz CT molecular complexity index is 812. The van der Waals surface area contributed by atoms with Crippen molar-refractivity contribution in [3.8, 4) is 0 Å². The lowest BCUT2D eigenvalue weighted by molar-refractivity contribution is -0.132. The first-order valence-corrected chi connectivity index (χ1v) is 8.65. The average molecular weight is 353 g/mol. The van der Waals surface area contributed by atoms with Crippen molar-refractivity contribution in [3.05, 3.63) is 77.8 Å². The summed E-state index contributed by atoms with van der Waals surface area (Å²) in [5.41, 5.74) is 1.87. The summed E-state index contributed by atoms with van der Waals surface area (Å²) in [5.74, 6) is 1.35. The first kappa shape index (κ1) is 17.9. The Kier molecular flexibility index (Phi) is 5.86. The van der Waals surface area contributed by atoms with Gasteiger partial charge < -0.3 is 19.4 Å². The second kappa shape index (κ2) is 8.49. The summed E-state index contributed by atoms with van der Waals surface area (Å²) in [6, 6.07) is 13.6. The van der Waals surface area contributed by atoms with Crippen LogP contribution < -0.4 is 0 Å². The lowest BCUT2D eigenvalue weighted by atomic mass is 9.92. The van der Waals surface area contributed by atoms with Crippen molar-refractivity contribution in [1.82, 2.24) is 14.9 Å². The molecule has 1 aromatic carbocycles. The van der Waals surface area contributed by atoms with E-state index in [2.05, 4.69) is 9.97 Å². The van der Waals surface area contributed by atoms with Crippen LogP contribution in [-0.4, -0.2) is 39.0 Å². The van der Waals surface area contributed by atoms with Crippen LogP contribution in [0.1, 0.15) is 35.2 Å². The van der Waals surface area contributed by atoms with Crippen molar-refractivity contribution in [2.75, 3.05) is 13.2 Å². The minimum atomic E-state index is -0.164. The molecule has 0 saturated heterocycles. The maximum Gasteiger partial charge on any atom is 0.224 e. The van der Waals surface area contributed by atoms with Gasteiger partial charge in [0.25, 0.3) is 0 Å². The molecular weight excluding hydrogens is 330 g/mol. The molecule has 0 aliphatic rings. The molecule has 6 heteroatoms. The monoisotopic (exact) mass is 353 g/mol. The zero-order chi connectivity index (χ0) is 18.4. The van der Waals surface area contributed by atoms with E-state index in [4.69, 9.17) is 4.42 Å². The Hall–Kier alpha value is -2.86. The summed E-state index contributed by atoms with van der Waals surface area (Å²) in [6.45, 7) is 2.44. The number of aromatic amines is 1. The van der Waals surface area contributed by atoms with Gasteiger partial charge in [-0.2, -0.15) is 0 Å². The van der Waals surface area contributed by atoms with Gasteiger partial charge in [0.1, 0.15) is 11.6 Å². The van der Waals surface area contributed by atoms with Crippen molar-refractivity contribution in [2.24, 2.45) is 0 Å². The third-order valence-electron chi connectivity index (χ3n) is 4.31. The molecule has 1 unspecified atom stereocenters. The van der Waals surface area contributed by atoms with Crippen LogP contribution >= 0.6 is 0 Å². The highest BCUT2D eigenvalue weighted by molar-refractivity contribution is 5.77. The topological polar surface area (TPSA) is 82.4 Å². The molecule has 3 rings (SSSR count). The van der Waals surface area contributed by atoms with Crippen LogP contribution in [-0.2, 0) is 11.3 Å². The van der Waals surface area contributed by atoms with Gasteiger partial charge in [-0.1, -0.05) is 30.3 Å². The fourth-order valence-electron chi connectivity index (χ4n) is 3.03. The van der Waals surface area contributed by atoms with Gasteiger partial charge in [0.15, 0.2) is 0 Å². The van der Waals surface area contributed by atoms with Crippen molar-refractivity contribution in [2.45, 2.75) is 25.8 Å². The van der Waals surface area contributed by atoms with E-state index in [-0.39, 0.29) is 31.4 Å². The highest BCUT2D eigenvalue weighted by atomic mass is 16.3. The third-order valence-corrected chi connectivity index (χ3v) is 4.31. The van der Waals surface area contributed by atoms with Gasteiger partial charge in [0, 0.05) is 13.0 Å². The summed E-state index contributed by atoms with van der Waals surface area (Å²) in [7, 11) is 0. The molecule has 2 N–H and O–H groups in total. The molecule has 0 spiro atoms. The number of furan rings is 1. The molecule has 3 aromatic rings. The minimum absolute atomic E-state index is 0.0449. The zero-order valence-electron chi connectivity index (χ0n) is 14.8. The Morgan fingerprint density at radius 3 is 2.69 bits per heavy atom. The number of carbonyl (C=O) groups is 1. The number of hydrogen-bond donors (Lipinski definition) is 2. The smallest absolute Gasteiger partial charge is 0.224 e. The predicted octanol–water partition coefficient (Wildman–Crippen LogP) is 2.85. The van der Waals surface area contributed by atoms with Crippen molar-refractivity contribution >= 4 is 5.91 Å². The standard InChI is InChI=1S/C20H23N3O3/c1-15-21-13-17(22-15)14-23(9-10-24)20(25)12-18(19-8-5-11-26-19)16-6-3-2-4-7-16/h2-8,11,13,18,24H,9-10,12,14H2,1H3,(H,21,22). The summed E-state index contributed by atoms with van der Waals surface area (Å²) in [5, 5.41) is 9.37. The first-order valence-electron chi connectivity index (χ1n) is 8.65. The van der Waals surface area contributed by atoms with Crippen molar-refractivity contribution in [3.63, 3.8) is 0 Å². The molecular formula is C20H23N3O3. The van der Waals surface area contributed by atoms with Crippen LogP contribution in [0.25, 0.3) is 0 Å². The highest BCUT2D eigenvalue weighted by Gasteiger charge is 2.24. The average Bonchev–Trinajstić information content (AvgIpc) is 3.32. The molecule has 2 aromatic heterocycles. The van der Waals surface area contributed by atoms with Crippen molar-refractivity contribution in [1.29, 1.82) is 0 Å². The SMILES string of the molecule is Cc1ncc(CN(CCO)C(=O)CC(c2ccccc2)c2ccco2)[nH]1. The molecule has 0 saturated carbocycles. The molecule has 0 aliphatic carbocycles. The van der Waals surface area contributed by atoms with Gasteiger partial charge in [-0.3, -0.25) is 4.79 Å². The Morgan fingerprint density at radius 2 is 2.08 bits per heavy atom. The number of imidazole rings is 1. The lowest BCUT2D eigenvalue weighted by Gasteiger charge is -2.24. The number of nitrogens with one attached hydrogen (secondary N) is 1. The number of H-pyrrole nitrogens is 1. The number of hydrogen-bond acceptors (Lipinski definition) is 4. The maximum atomic E-state index is 13.0. The third kappa shape index (κ3) is 4.40.